The van der Waals surface area contributed by atoms with Gasteiger partial charge in [0.15, 0.2) is 0 Å². The van der Waals surface area contributed by atoms with Crippen molar-refractivity contribution in [3.05, 3.63) is 70.0 Å². The van der Waals surface area contributed by atoms with E-state index in [2.05, 4.69) is 4.98 Å². The van der Waals surface area contributed by atoms with Crippen molar-refractivity contribution in [3.8, 4) is 16.3 Å². The van der Waals surface area contributed by atoms with E-state index in [-0.39, 0.29) is 50.4 Å². The first kappa shape index (κ1) is 30.2. The molecule has 7 nitrogen and oxygen atoms in total. The van der Waals surface area contributed by atoms with Gasteiger partial charge >= 0.3 is 18.4 Å². The third-order valence-electron chi connectivity index (χ3n) is 6.50. The minimum absolute atomic E-state index is 0.0618. The minimum atomic E-state index is -4.51. The molecule has 2 heterocycles. The summed E-state index contributed by atoms with van der Waals surface area (Å²) < 4.78 is 98.5. The molecule has 1 fully saturated rings. The molecule has 4 rings (SSSR count). The van der Waals surface area contributed by atoms with Crippen molar-refractivity contribution in [2.45, 2.75) is 38.3 Å². The molecule has 1 aliphatic heterocycles. The number of benzene rings is 2. The summed E-state index contributed by atoms with van der Waals surface area (Å²) in [6, 6.07) is 8.03. The van der Waals surface area contributed by atoms with Crippen molar-refractivity contribution in [2.24, 2.45) is 5.92 Å². The van der Waals surface area contributed by atoms with Crippen LogP contribution in [0.4, 0.5) is 35.5 Å². The second kappa shape index (κ2) is 12.0. The number of hydrogen-bond acceptors (Lipinski definition) is 5. The van der Waals surface area contributed by atoms with Gasteiger partial charge in [-0.3, -0.25) is 10.3 Å². The number of nitrogens with two attached hydrogens (primary N) is 1. The Hall–Kier alpha value is -3.72. The molecule has 1 amide bonds. The van der Waals surface area contributed by atoms with E-state index in [4.69, 9.17) is 15.3 Å². The number of likely N-dealkylation sites (tertiary alicyclic amines) is 1. The number of rotatable bonds is 7. The van der Waals surface area contributed by atoms with Gasteiger partial charge in [0.1, 0.15) is 23.2 Å². The molecule has 220 valence electrons. The molecule has 0 spiro atoms. The van der Waals surface area contributed by atoms with Crippen molar-refractivity contribution in [2.75, 3.05) is 13.1 Å². The lowest BCUT2D eigenvalue weighted by Crippen LogP contribution is -2.51. The van der Waals surface area contributed by atoms with Crippen LogP contribution in [0.3, 0.4) is 0 Å². The first-order valence-electron chi connectivity index (χ1n) is 12.2. The van der Waals surface area contributed by atoms with E-state index in [0.29, 0.717) is 21.1 Å². The highest BCUT2D eigenvalue weighted by molar-refractivity contribution is 7.15. The lowest BCUT2D eigenvalue weighted by atomic mass is 9.96. The van der Waals surface area contributed by atoms with Gasteiger partial charge in [0.05, 0.1) is 27.6 Å². The fourth-order valence-electron chi connectivity index (χ4n) is 4.31. The molecular formula is C26H24F7N4O3S+. The Labute approximate surface area is 233 Å². The van der Waals surface area contributed by atoms with E-state index in [9.17, 15) is 35.5 Å². The van der Waals surface area contributed by atoms with Crippen molar-refractivity contribution in [1.82, 2.24) is 15.2 Å². The minimum Gasteiger partial charge on any atom is -0.488 e. The number of nitrogens with one attached hydrogen (secondary N) is 1. The lowest BCUT2D eigenvalue weighted by Gasteiger charge is -2.32. The Morgan fingerprint density at radius 1 is 1.10 bits per heavy atom. The van der Waals surface area contributed by atoms with Crippen LogP contribution in [0.15, 0.2) is 42.5 Å². The van der Waals surface area contributed by atoms with Gasteiger partial charge in [-0.05, 0) is 50.2 Å². The zero-order chi connectivity index (χ0) is 29.9. The van der Waals surface area contributed by atoms with Gasteiger partial charge in [0, 0.05) is 18.2 Å². The maximum absolute atomic E-state index is 14.5. The Morgan fingerprint density at radius 3 is 2.32 bits per heavy atom. The quantitative estimate of drug-likeness (QED) is 0.198. The van der Waals surface area contributed by atoms with E-state index in [1.807, 2.05) is 10.2 Å². The maximum Gasteiger partial charge on any atom is 0.502 e. The van der Waals surface area contributed by atoms with Gasteiger partial charge in [0.2, 0.25) is 0 Å². The fourth-order valence-corrected chi connectivity index (χ4v) is 5.30. The van der Waals surface area contributed by atoms with Gasteiger partial charge in [-0.1, -0.05) is 12.1 Å². The number of ether oxygens (including phenoxy) is 1. The van der Waals surface area contributed by atoms with Crippen LogP contribution in [0.2, 0.25) is 0 Å². The SMILES string of the molecule is [NH2+]=C(NC(=O)O)c1ccc(OCc2sc(-c3ccc(C(F)(F)F)cc3)nc2CN2CCC(C(F)(F)F)CC2)cc1F. The van der Waals surface area contributed by atoms with Crippen LogP contribution in [0.5, 0.6) is 5.75 Å². The van der Waals surface area contributed by atoms with E-state index < -0.39 is 41.6 Å². The molecule has 1 saturated heterocycles. The highest BCUT2D eigenvalue weighted by atomic mass is 32.1. The summed E-state index contributed by atoms with van der Waals surface area (Å²) in [5.41, 5.74) is -0.115. The van der Waals surface area contributed by atoms with Crippen molar-refractivity contribution in [3.63, 3.8) is 0 Å². The number of piperidine rings is 1. The number of carbonyl (C=O) groups is 1. The molecule has 41 heavy (non-hydrogen) atoms. The molecule has 0 unspecified atom stereocenters. The number of amidine groups is 1. The second-order valence-electron chi connectivity index (χ2n) is 9.33. The molecule has 0 saturated carbocycles. The van der Waals surface area contributed by atoms with Gasteiger partial charge in [-0.2, -0.15) is 36.5 Å². The zero-order valence-electron chi connectivity index (χ0n) is 21.2. The lowest BCUT2D eigenvalue weighted by molar-refractivity contribution is -0.185. The normalized spacial score (nSPS) is 15.1. The van der Waals surface area contributed by atoms with Gasteiger partial charge in [0.25, 0.3) is 5.84 Å². The standard InChI is InChI=1S/C26H23F7N4O3S/c27-19-11-17(5-6-18(19)22(34)36-24(38)39)40-13-21-20(12-37-9-7-16(8-10-37)26(31,32)33)35-23(41-21)14-1-3-15(4-2-14)25(28,29)30/h1-6,11,16H,7-10,12-13H2,(H2,34,36)(H,38,39)/p+1. The molecule has 1 aliphatic rings. The van der Waals surface area contributed by atoms with Crippen molar-refractivity contribution in [1.29, 1.82) is 0 Å². The highest BCUT2D eigenvalue weighted by Crippen LogP contribution is 2.36. The summed E-state index contributed by atoms with van der Waals surface area (Å²) in [7, 11) is 0. The molecule has 0 radical (unpaired) electrons. The average Bonchev–Trinajstić information content (AvgIpc) is 3.29. The van der Waals surface area contributed by atoms with Crippen LogP contribution in [0.25, 0.3) is 10.6 Å². The number of hydrogen-bond donors (Lipinski definition) is 3. The molecule has 0 aliphatic carbocycles. The number of halogens is 7. The zero-order valence-corrected chi connectivity index (χ0v) is 22.0. The van der Waals surface area contributed by atoms with Crippen LogP contribution in [-0.4, -0.2) is 46.2 Å². The van der Waals surface area contributed by atoms with Crippen LogP contribution in [0, 0.1) is 11.7 Å². The third-order valence-corrected chi connectivity index (χ3v) is 7.62. The topological polar surface area (TPSA) is 100 Å². The van der Waals surface area contributed by atoms with Crippen LogP contribution >= 0.6 is 11.3 Å². The summed E-state index contributed by atoms with van der Waals surface area (Å²) in [6.45, 7) is 0.456. The maximum atomic E-state index is 14.5. The Bertz CT molecular complexity index is 1400. The highest BCUT2D eigenvalue weighted by Gasteiger charge is 2.41. The summed E-state index contributed by atoms with van der Waals surface area (Å²) in [5.74, 6) is -2.57. The fraction of sp³-hybridized carbons (Fsp3) is 0.346. The van der Waals surface area contributed by atoms with Crippen LogP contribution in [-0.2, 0) is 19.3 Å². The third kappa shape index (κ3) is 7.73. The van der Waals surface area contributed by atoms with Crippen molar-refractivity contribution >= 4 is 23.3 Å². The summed E-state index contributed by atoms with van der Waals surface area (Å²) in [5, 5.41) is 16.6. The largest absolute Gasteiger partial charge is 0.502 e. The molecule has 0 bridgehead atoms. The van der Waals surface area contributed by atoms with Gasteiger partial charge in [-0.15, -0.1) is 11.3 Å². The number of alkyl halides is 6. The average molecular weight is 606 g/mol. The smallest absolute Gasteiger partial charge is 0.488 e. The molecule has 1 aromatic heterocycles. The number of thiazole rings is 1. The van der Waals surface area contributed by atoms with Gasteiger partial charge in [-0.25, -0.2) is 9.37 Å². The summed E-state index contributed by atoms with van der Waals surface area (Å²) in [6.07, 6.45) is -10.4. The molecule has 15 heteroatoms. The van der Waals surface area contributed by atoms with E-state index >= 15 is 0 Å². The van der Waals surface area contributed by atoms with Crippen LogP contribution < -0.4 is 15.5 Å². The number of aromatic nitrogens is 1. The monoisotopic (exact) mass is 605 g/mol. The predicted molar refractivity (Wildman–Crippen MR) is 135 cm³/mol. The molecule has 0 atom stereocenters. The summed E-state index contributed by atoms with van der Waals surface area (Å²) in [4.78, 5) is 17.7. The number of nitrogens with zero attached hydrogens (tertiary/aromatic N) is 2. The summed E-state index contributed by atoms with van der Waals surface area (Å²) >= 11 is 1.14. The predicted octanol–water partition coefficient (Wildman–Crippen LogP) is 5.09. The molecular weight excluding hydrogens is 581 g/mol. The molecule has 4 N–H and O–H groups in total. The van der Waals surface area contributed by atoms with Crippen molar-refractivity contribution < 1.29 is 50.8 Å². The van der Waals surface area contributed by atoms with Crippen LogP contribution in [0.1, 0.15) is 34.5 Å². The van der Waals surface area contributed by atoms with E-state index in [0.717, 1.165) is 29.5 Å². The number of carboxylic acid groups (broad SMARTS) is 1. The first-order chi connectivity index (χ1) is 19.2. The van der Waals surface area contributed by atoms with E-state index in [1.54, 1.807) is 0 Å². The van der Waals surface area contributed by atoms with Gasteiger partial charge < -0.3 is 9.84 Å². The molecule has 2 aromatic carbocycles. The Morgan fingerprint density at radius 2 is 1.76 bits per heavy atom. The Kier molecular flexibility index (Phi) is 8.87. The first-order valence-corrected chi connectivity index (χ1v) is 13.0. The van der Waals surface area contributed by atoms with E-state index in [1.165, 1.54) is 24.3 Å². The Balaban J connectivity index is 1.54. The second-order valence-corrected chi connectivity index (χ2v) is 10.4. The molecule has 3 aromatic rings. The number of amides is 1.